The molecule has 1 saturated carbocycles. The lowest BCUT2D eigenvalue weighted by atomic mass is 9.75. The third kappa shape index (κ3) is 4.46. The number of hydrogen-bond donors (Lipinski definition) is 0. The van der Waals surface area contributed by atoms with Crippen LogP contribution in [-0.2, 0) is 14.3 Å². The monoisotopic (exact) mass is 388 g/mol. The second kappa shape index (κ2) is 8.33. The van der Waals surface area contributed by atoms with Gasteiger partial charge in [0.1, 0.15) is 11.3 Å². The Balaban J connectivity index is 1.21. The Hall–Kier alpha value is -2.02. The summed E-state index contributed by atoms with van der Waals surface area (Å²) in [6, 6.07) is 7.45. The van der Waals surface area contributed by atoms with Crippen LogP contribution in [0.4, 0.5) is 0 Å². The quantitative estimate of drug-likeness (QED) is 0.577. The molecule has 0 bridgehead atoms. The minimum atomic E-state index is -0.428. The Labute approximate surface area is 162 Å². The molecule has 1 aliphatic heterocycles. The molecule has 6 nitrogen and oxygen atoms in total. The van der Waals surface area contributed by atoms with Crippen LogP contribution in [0.2, 0.25) is 0 Å². The molecular weight excluding hydrogens is 364 g/mol. The topological polar surface area (TPSA) is 72.6 Å². The zero-order valence-electron chi connectivity index (χ0n) is 15.3. The Morgan fingerprint density at radius 2 is 2.00 bits per heavy atom. The molecule has 0 spiro atoms. The summed E-state index contributed by atoms with van der Waals surface area (Å²) in [6.45, 7) is 1.43. The van der Waals surface area contributed by atoms with Crippen LogP contribution in [0.25, 0.3) is 11.1 Å². The van der Waals surface area contributed by atoms with Crippen LogP contribution < -0.4 is 0 Å². The number of fused-ring (bicyclic) bond motifs is 2. The van der Waals surface area contributed by atoms with Gasteiger partial charge in [-0.25, -0.2) is 4.98 Å². The van der Waals surface area contributed by atoms with Crippen molar-refractivity contribution in [2.45, 2.75) is 37.3 Å². The zero-order valence-corrected chi connectivity index (χ0v) is 16.1. The van der Waals surface area contributed by atoms with Crippen molar-refractivity contribution in [3.8, 4) is 0 Å². The van der Waals surface area contributed by atoms with Crippen molar-refractivity contribution in [3.63, 3.8) is 0 Å². The number of para-hydroxylation sites is 2. The van der Waals surface area contributed by atoms with Crippen molar-refractivity contribution < 1.29 is 18.7 Å². The Morgan fingerprint density at radius 3 is 2.85 bits per heavy atom. The molecule has 1 aliphatic carbocycles. The molecule has 7 heteroatoms. The molecule has 0 unspecified atom stereocenters. The number of nitrogens with zero attached hydrogens (tertiary/aromatic N) is 2. The third-order valence-corrected chi connectivity index (χ3v) is 6.39. The fraction of sp³-hybridized carbons (Fsp3) is 0.550. The Bertz CT molecular complexity index is 788. The fourth-order valence-electron chi connectivity index (χ4n) is 4.14. The van der Waals surface area contributed by atoms with Crippen LogP contribution in [-0.4, -0.2) is 47.2 Å². The highest BCUT2D eigenvalue weighted by molar-refractivity contribution is 7.99. The second-order valence-corrected chi connectivity index (χ2v) is 8.26. The normalized spacial score (nSPS) is 22.4. The van der Waals surface area contributed by atoms with Gasteiger partial charge in [-0.2, -0.15) is 0 Å². The number of esters is 1. The average Bonchev–Trinajstić information content (AvgIpc) is 3.13. The molecule has 1 aromatic heterocycles. The molecular formula is C20H24N2O4S. The zero-order chi connectivity index (χ0) is 18.6. The van der Waals surface area contributed by atoms with Gasteiger partial charge in [0.05, 0.1) is 0 Å². The Kier molecular flexibility index (Phi) is 5.66. The van der Waals surface area contributed by atoms with Crippen molar-refractivity contribution in [1.82, 2.24) is 9.88 Å². The molecule has 27 heavy (non-hydrogen) atoms. The maximum atomic E-state index is 12.4. The first kappa shape index (κ1) is 18.3. The van der Waals surface area contributed by atoms with E-state index in [-0.39, 0.29) is 18.3 Å². The lowest BCUT2D eigenvalue weighted by Crippen LogP contribution is -2.46. The molecule has 2 fully saturated rings. The Morgan fingerprint density at radius 1 is 1.19 bits per heavy atom. The number of oxazole rings is 1. The van der Waals surface area contributed by atoms with Crippen LogP contribution in [0.5, 0.6) is 0 Å². The van der Waals surface area contributed by atoms with Gasteiger partial charge in [-0.15, -0.1) is 0 Å². The van der Waals surface area contributed by atoms with E-state index in [9.17, 15) is 9.59 Å². The van der Waals surface area contributed by atoms with Gasteiger partial charge < -0.3 is 14.1 Å². The lowest BCUT2D eigenvalue weighted by molar-refractivity contribution is -0.151. The van der Waals surface area contributed by atoms with Crippen molar-refractivity contribution >= 4 is 34.7 Å². The predicted molar refractivity (Wildman–Crippen MR) is 102 cm³/mol. The molecule has 2 atom stereocenters. The number of ether oxygens (including phenoxy) is 1. The van der Waals surface area contributed by atoms with Crippen LogP contribution in [0.15, 0.2) is 33.9 Å². The summed E-state index contributed by atoms with van der Waals surface area (Å²) in [6.07, 6.45) is 6.19. The molecule has 1 aromatic carbocycles. The van der Waals surface area contributed by atoms with Crippen LogP contribution in [0, 0.1) is 11.8 Å². The van der Waals surface area contributed by atoms with E-state index in [0.29, 0.717) is 16.7 Å². The van der Waals surface area contributed by atoms with Crippen molar-refractivity contribution in [2.24, 2.45) is 11.8 Å². The maximum Gasteiger partial charge on any atom is 0.316 e. The number of aromatic nitrogens is 1. The van der Waals surface area contributed by atoms with Gasteiger partial charge in [0.2, 0.25) is 0 Å². The second-order valence-electron chi connectivity index (χ2n) is 7.33. The molecule has 144 valence electrons. The maximum absolute atomic E-state index is 12.4. The van der Waals surface area contributed by atoms with E-state index in [1.54, 1.807) is 0 Å². The molecule has 0 radical (unpaired) electrons. The number of piperidine rings is 1. The van der Waals surface area contributed by atoms with E-state index in [0.717, 1.165) is 30.9 Å². The van der Waals surface area contributed by atoms with E-state index in [4.69, 9.17) is 9.15 Å². The number of benzene rings is 1. The van der Waals surface area contributed by atoms with Gasteiger partial charge in [-0.1, -0.05) is 43.2 Å². The number of likely N-dealkylation sites (tertiary alicyclic amines) is 1. The van der Waals surface area contributed by atoms with E-state index >= 15 is 0 Å². The number of carbonyl (C=O) groups is 2. The van der Waals surface area contributed by atoms with E-state index in [2.05, 4.69) is 4.98 Å². The first-order chi connectivity index (χ1) is 13.2. The summed E-state index contributed by atoms with van der Waals surface area (Å²) < 4.78 is 10.7. The van der Waals surface area contributed by atoms with E-state index in [1.165, 1.54) is 37.4 Å². The number of amides is 1. The van der Waals surface area contributed by atoms with Gasteiger partial charge in [-0.3, -0.25) is 9.59 Å². The highest BCUT2D eigenvalue weighted by Gasteiger charge is 2.33. The van der Waals surface area contributed by atoms with Gasteiger partial charge >= 0.3 is 5.97 Å². The van der Waals surface area contributed by atoms with Gasteiger partial charge in [-0.05, 0) is 36.8 Å². The summed E-state index contributed by atoms with van der Waals surface area (Å²) >= 11 is 1.18. The first-order valence-corrected chi connectivity index (χ1v) is 10.6. The molecule has 4 rings (SSSR count). The molecule has 2 heterocycles. The summed E-state index contributed by atoms with van der Waals surface area (Å²) in [5, 5.41) is 0.429. The number of rotatable bonds is 5. The minimum absolute atomic E-state index is 0.0742. The predicted octanol–water partition coefficient (Wildman–Crippen LogP) is 3.50. The van der Waals surface area contributed by atoms with Gasteiger partial charge in [0.25, 0.3) is 11.1 Å². The summed E-state index contributed by atoms with van der Waals surface area (Å²) in [5.74, 6) is 0.965. The molecule has 1 saturated heterocycles. The van der Waals surface area contributed by atoms with E-state index in [1.807, 2.05) is 29.2 Å². The highest BCUT2D eigenvalue weighted by Crippen LogP contribution is 2.36. The largest absolute Gasteiger partial charge is 0.455 e. The van der Waals surface area contributed by atoms with Crippen LogP contribution in [0.1, 0.15) is 32.1 Å². The molecule has 0 N–H and O–H groups in total. The molecule has 1 amide bonds. The van der Waals surface area contributed by atoms with E-state index < -0.39 is 5.97 Å². The van der Waals surface area contributed by atoms with Crippen LogP contribution in [0.3, 0.4) is 0 Å². The third-order valence-electron chi connectivity index (χ3n) is 5.59. The number of hydrogen-bond acceptors (Lipinski definition) is 6. The highest BCUT2D eigenvalue weighted by atomic mass is 32.2. The smallest absolute Gasteiger partial charge is 0.316 e. The van der Waals surface area contributed by atoms with Gasteiger partial charge in [0.15, 0.2) is 12.2 Å². The lowest BCUT2D eigenvalue weighted by Gasteiger charge is -2.41. The standard InChI is InChI=1S/C20H24N2O4S/c23-18(22-10-9-14-5-1-2-6-15(14)11-22)12-25-19(24)13-27-20-21-16-7-3-4-8-17(16)26-20/h3-4,7-8,14-15H,1-2,5-6,9-13H2/t14-,15-/m0/s1. The number of thioether (sulfide) groups is 1. The molecule has 2 aliphatic rings. The SMILES string of the molecule is O=C(CSc1nc2ccccc2o1)OCC(=O)N1CC[C@@H]2CCCC[C@H]2C1. The first-order valence-electron chi connectivity index (χ1n) is 9.61. The summed E-state index contributed by atoms with van der Waals surface area (Å²) in [5.41, 5.74) is 1.45. The van der Waals surface area contributed by atoms with Crippen molar-refractivity contribution in [1.29, 1.82) is 0 Å². The number of carbonyl (C=O) groups excluding carboxylic acids is 2. The average molecular weight is 388 g/mol. The van der Waals surface area contributed by atoms with Crippen molar-refractivity contribution in [2.75, 3.05) is 25.4 Å². The summed E-state index contributed by atoms with van der Waals surface area (Å²) in [4.78, 5) is 30.5. The van der Waals surface area contributed by atoms with Crippen LogP contribution >= 0.6 is 11.8 Å². The minimum Gasteiger partial charge on any atom is -0.455 e. The summed E-state index contributed by atoms with van der Waals surface area (Å²) in [7, 11) is 0. The molecule has 2 aromatic rings. The fourth-order valence-corrected chi connectivity index (χ4v) is 4.77. The van der Waals surface area contributed by atoms with Gasteiger partial charge in [0, 0.05) is 13.1 Å². The van der Waals surface area contributed by atoms with Crippen molar-refractivity contribution in [3.05, 3.63) is 24.3 Å².